The molecular weight excluding hydrogens is 780 g/mol. The van der Waals surface area contributed by atoms with Crippen molar-refractivity contribution in [3.63, 3.8) is 0 Å². The Hall–Kier alpha value is -4.86. The summed E-state index contributed by atoms with van der Waals surface area (Å²) in [4.78, 5) is 50.4. The molecule has 0 aliphatic carbocycles. The standard InChI is InChI=1S/C34H38ClF2N3O14S/c1-20-18-54-34(45,22-12-23(36)14-24(37)13-22)21(2)40(20)33(44)53-19-52-31(42)6-5-30(41)50-10-8-48-9-11-51-32(43)26-15-29(55(38,46)47)27(35)16-28(26)39-17-25-4-3-7-49-25/h3-4,7,12-16,20-21,39,45H,5-6,8-11,17-19H2,1-2H3,(H2,38,46,47)/t20-,21+,34-/m1/s1. The molecule has 1 aromatic heterocycles. The van der Waals surface area contributed by atoms with E-state index in [0.29, 0.717) is 11.8 Å². The van der Waals surface area contributed by atoms with E-state index >= 15 is 0 Å². The molecule has 1 fully saturated rings. The number of hydrogen-bond donors (Lipinski definition) is 3. The van der Waals surface area contributed by atoms with Crippen molar-refractivity contribution in [2.45, 2.75) is 56.0 Å². The van der Waals surface area contributed by atoms with Crippen LogP contribution in [-0.2, 0) is 60.4 Å². The largest absolute Gasteiger partial charge is 0.467 e. The van der Waals surface area contributed by atoms with Crippen molar-refractivity contribution in [1.82, 2.24) is 4.90 Å². The zero-order valence-corrected chi connectivity index (χ0v) is 31.0. The molecule has 21 heteroatoms. The normalized spacial score (nSPS) is 18.3. The predicted octanol–water partition coefficient (Wildman–Crippen LogP) is 3.56. The van der Waals surface area contributed by atoms with Gasteiger partial charge in [0.2, 0.25) is 22.6 Å². The molecule has 1 saturated heterocycles. The molecule has 17 nitrogen and oxygen atoms in total. The Morgan fingerprint density at radius 1 is 0.982 bits per heavy atom. The number of amides is 1. The molecule has 300 valence electrons. The van der Waals surface area contributed by atoms with Crippen LogP contribution in [0.15, 0.2) is 58.0 Å². The number of furan rings is 1. The van der Waals surface area contributed by atoms with Crippen molar-refractivity contribution in [2.24, 2.45) is 5.14 Å². The van der Waals surface area contributed by atoms with Crippen molar-refractivity contribution >= 4 is 51.3 Å². The molecule has 4 rings (SSSR count). The average Bonchev–Trinajstić information content (AvgIpc) is 3.64. The van der Waals surface area contributed by atoms with E-state index in [1.165, 1.54) is 19.3 Å². The molecular formula is C34H38ClF2N3O14S. The fraction of sp³-hybridized carbons (Fsp3) is 0.412. The van der Waals surface area contributed by atoms with Gasteiger partial charge >= 0.3 is 24.0 Å². The van der Waals surface area contributed by atoms with E-state index in [1.54, 1.807) is 19.1 Å². The van der Waals surface area contributed by atoms with Crippen LogP contribution < -0.4 is 10.5 Å². The second kappa shape index (κ2) is 19.1. The summed E-state index contributed by atoms with van der Waals surface area (Å²) in [6, 6.07) is 6.11. The highest BCUT2D eigenvalue weighted by atomic mass is 35.5. The third-order valence-corrected chi connectivity index (χ3v) is 9.38. The van der Waals surface area contributed by atoms with Gasteiger partial charge in [-0.1, -0.05) is 11.6 Å². The van der Waals surface area contributed by atoms with Crippen molar-refractivity contribution in [3.8, 4) is 0 Å². The first kappa shape index (κ1) is 42.9. The number of carbonyl (C=O) groups is 4. The number of carbonyl (C=O) groups excluding carboxylic acids is 4. The molecule has 1 aliphatic heterocycles. The first-order valence-corrected chi connectivity index (χ1v) is 18.4. The third kappa shape index (κ3) is 11.8. The summed E-state index contributed by atoms with van der Waals surface area (Å²) in [5.41, 5.74) is -0.260. The van der Waals surface area contributed by atoms with Crippen molar-refractivity contribution < 1.29 is 74.3 Å². The molecule has 3 atom stereocenters. The number of sulfonamides is 1. The summed E-state index contributed by atoms with van der Waals surface area (Å²) in [6.45, 7) is 1.38. The topological polar surface area (TPSA) is 232 Å². The highest BCUT2D eigenvalue weighted by Crippen LogP contribution is 2.36. The molecule has 1 aliphatic rings. The zero-order valence-electron chi connectivity index (χ0n) is 29.5. The molecule has 4 N–H and O–H groups in total. The second-order valence-corrected chi connectivity index (χ2v) is 13.9. The van der Waals surface area contributed by atoms with Gasteiger partial charge in [0, 0.05) is 11.6 Å². The van der Waals surface area contributed by atoms with Gasteiger partial charge in [-0.2, -0.15) is 0 Å². The number of hydrogen-bond acceptors (Lipinski definition) is 15. The lowest BCUT2D eigenvalue weighted by molar-refractivity contribution is -0.280. The van der Waals surface area contributed by atoms with Gasteiger partial charge in [-0.25, -0.2) is 31.9 Å². The Morgan fingerprint density at radius 3 is 2.27 bits per heavy atom. The first-order valence-electron chi connectivity index (χ1n) is 16.5. The fourth-order valence-corrected chi connectivity index (χ4v) is 6.38. The highest BCUT2D eigenvalue weighted by molar-refractivity contribution is 7.89. The van der Waals surface area contributed by atoms with Crippen molar-refractivity contribution in [1.29, 1.82) is 0 Å². The number of halogens is 3. The number of benzene rings is 2. The Balaban J connectivity index is 1.12. The maximum atomic E-state index is 13.8. The van der Waals surface area contributed by atoms with Crippen LogP contribution in [0.25, 0.3) is 0 Å². The molecule has 0 saturated carbocycles. The lowest BCUT2D eigenvalue weighted by atomic mass is 9.94. The number of nitrogens with zero attached hydrogens (tertiary/aromatic N) is 1. The third-order valence-electron chi connectivity index (χ3n) is 8.01. The van der Waals surface area contributed by atoms with Crippen LogP contribution in [-0.4, -0.2) is 94.3 Å². The maximum Gasteiger partial charge on any atom is 0.413 e. The molecule has 0 unspecified atom stereocenters. The summed E-state index contributed by atoms with van der Waals surface area (Å²) in [5, 5.41) is 19.0. The number of anilines is 1. The number of nitrogens with two attached hydrogens (primary N) is 1. The van der Waals surface area contributed by atoms with Crippen LogP contribution in [0.5, 0.6) is 0 Å². The molecule has 0 spiro atoms. The van der Waals surface area contributed by atoms with E-state index in [9.17, 15) is 41.5 Å². The lowest BCUT2D eigenvalue weighted by Crippen LogP contribution is -2.62. The molecule has 0 radical (unpaired) electrons. The summed E-state index contributed by atoms with van der Waals surface area (Å²) < 4.78 is 87.6. The van der Waals surface area contributed by atoms with E-state index < -0.39 is 81.6 Å². The summed E-state index contributed by atoms with van der Waals surface area (Å²) in [7, 11) is -4.27. The smallest absolute Gasteiger partial charge is 0.413 e. The Bertz CT molecular complexity index is 1930. The Morgan fingerprint density at radius 2 is 1.64 bits per heavy atom. The van der Waals surface area contributed by atoms with Crippen LogP contribution in [0.3, 0.4) is 0 Å². The van der Waals surface area contributed by atoms with E-state index in [4.69, 9.17) is 49.6 Å². The minimum Gasteiger partial charge on any atom is -0.467 e. The summed E-state index contributed by atoms with van der Waals surface area (Å²) >= 11 is 6.08. The quantitative estimate of drug-likeness (QED) is 0.0765. The molecule has 0 bridgehead atoms. The second-order valence-electron chi connectivity index (χ2n) is 11.9. The van der Waals surface area contributed by atoms with Crippen LogP contribution in [0.2, 0.25) is 5.02 Å². The number of ether oxygens (including phenoxy) is 6. The minimum atomic E-state index is -4.27. The lowest BCUT2D eigenvalue weighted by Gasteiger charge is -2.47. The van der Waals surface area contributed by atoms with E-state index in [-0.39, 0.29) is 67.8 Å². The van der Waals surface area contributed by atoms with Gasteiger partial charge in [-0.3, -0.25) is 14.5 Å². The maximum absolute atomic E-state index is 13.8. The van der Waals surface area contributed by atoms with Gasteiger partial charge in [0.25, 0.3) is 0 Å². The van der Waals surface area contributed by atoms with Crippen LogP contribution in [0.1, 0.15) is 48.4 Å². The number of aliphatic hydroxyl groups is 1. The Labute approximate surface area is 318 Å². The van der Waals surface area contributed by atoms with Crippen molar-refractivity contribution in [2.75, 3.05) is 45.1 Å². The van der Waals surface area contributed by atoms with E-state index in [1.807, 2.05) is 0 Å². The van der Waals surface area contributed by atoms with Gasteiger partial charge in [-0.15, -0.1) is 0 Å². The SMILES string of the molecule is C[C@@H]1CO[C@@](O)(c2cc(F)cc(F)c2)[C@H](C)N1C(=O)OCOC(=O)CCC(=O)OCCOCCOC(=O)c1cc(S(N)(=O)=O)c(Cl)cc1NCc1ccco1. The van der Waals surface area contributed by atoms with E-state index in [2.05, 4.69) is 5.32 Å². The monoisotopic (exact) mass is 817 g/mol. The average molecular weight is 818 g/mol. The van der Waals surface area contributed by atoms with Crippen molar-refractivity contribution in [3.05, 3.63) is 82.3 Å². The first-order chi connectivity index (χ1) is 26.0. The van der Waals surface area contributed by atoms with Gasteiger partial charge in [0.1, 0.15) is 35.5 Å². The Kier molecular flexibility index (Phi) is 14.9. The fourth-order valence-electron chi connectivity index (χ4n) is 5.28. The zero-order chi connectivity index (χ0) is 40.3. The number of rotatable bonds is 17. The molecule has 2 heterocycles. The number of nitrogens with one attached hydrogen (secondary N) is 1. The van der Waals surface area contributed by atoms with Gasteiger partial charge < -0.3 is 43.3 Å². The van der Waals surface area contributed by atoms with Crippen LogP contribution in [0, 0.1) is 11.6 Å². The highest BCUT2D eigenvalue weighted by Gasteiger charge is 2.49. The summed E-state index contributed by atoms with van der Waals surface area (Å²) in [6.07, 6.45) is -0.352. The van der Waals surface area contributed by atoms with E-state index in [0.717, 1.165) is 23.1 Å². The molecule has 55 heavy (non-hydrogen) atoms. The van der Waals surface area contributed by atoms with Gasteiger partial charge in [0.15, 0.2) is 0 Å². The molecule has 2 aromatic carbocycles. The number of morpholine rings is 1. The van der Waals surface area contributed by atoms with Crippen LogP contribution in [0.4, 0.5) is 19.3 Å². The minimum absolute atomic E-state index is 0.0994. The van der Waals surface area contributed by atoms with Crippen LogP contribution >= 0.6 is 11.6 Å². The molecule has 1 amide bonds. The molecule has 3 aromatic rings. The van der Waals surface area contributed by atoms with Gasteiger partial charge in [0.05, 0.1) is 73.8 Å². The summed E-state index contributed by atoms with van der Waals surface area (Å²) in [5.74, 6) is -6.23. The predicted molar refractivity (Wildman–Crippen MR) is 185 cm³/mol. The number of primary sulfonamides is 1. The van der Waals surface area contributed by atoms with Gasteiger partial charge in [-0.05, 0) is 50.2 Å². The number of esters is 3.